The molecule has 0 aromatic rings. The van der Waals surface area contributed by atoms with Gasteiger partial charge in [-0.25, -0.2) is 0 Å². The number of amides is 1. The lowest BCUT2D eigenvalue weighted by Gasteiger charge is -2.27. The lowest BCUT2D eigenvalue weighted by Crippen LogP contribution is -2.38. The van der Waals surface area contributed by atoms with E-state index >= 15 is 0 Å². The molecule has 1 fully saturated rings. The van der Waals surface area contributed by atoms with E-state index in [1.54, 1.807) is 6.92 Å². The van der Waals surface area contributed by atoms with E-state index in [4.69, 9.17) is 5.11 Å². The van der Waals surface area contributed by atoms with Gasteiger partial charge >= 0.3 is 0 Å². The standard InChI is InChI=1S/C11H17NO2/c1-2-4-11(14)12-10-6-3-5-9(7-10)8-13/h9-10,13H,3,5-8H2,1H3,(H,12,14). The minimum atomic E-state index is -0.198. The van der Waals surface area contributed by atoms with Gasteiger partial charge in [-0.15, -0.1) is 0 Å². The van der Waals surface area contributed by atoms with Crippen LogP contribution >= 0.6 is 0 Å². The third-order valence-corrected chi connectivity index (χ3v) is 2.61. The second-order valence-electron chi connectivity index (χ2n) is 3.76. The van der Waals surface area contributed by atoms with Gasteiger partial charge in [-0.1, -0.05) is 12.3 Å². The quantitative estimate of drug-likeness (QED) is 0.636. The van der Waals surface area contributed by atoms with Gasteiger partial charge in [-0.05, 0) is 38.0 Å². The second kappa shape index (κ2) is 5.66. The number of aliphatic hydroxyl groups excluding tert-OH is 1. The fraction of sp³-hybridized carbons (Fsp3) is 0.727. The molecule has 2 unspecified atom stereocenters. The molecule has 0 aromatic carbocycles. The Hall–Kier alpha value is -1.01. The van der Waals surface area contributed by atoms with E-state index in [0.717, 1.165) is 25.7 Å². The number of hydrogen-bond acceptors (Lipinski definition) is 2. The lowest BCUT2D eigenvalue weighted by molar-refractivity contribution is -0.116. The fourth-order valence-electron chi connectivity index (χ4n) is 1.92. The van der Waals surface area contributed by atoms with Crippen molar-refractivity contribution in [2.24, 2.45) is 5.92 Å². The summed E-state index contributed by atoms with van der Waals surface area (Å²) in [7, 11) is 0. The molecule has 2 N–H and O–H groups in total. The zero-order valence-corrected chi connectivity index (χ0v) is 8.55. The highest BCUT2D eigenvalue weighted by atomic mass is 16.3. The van der Waals surface area contributed by atoms with E-state index in [9.17, 15) is 4.79 Å². The number of carbonyl (C=O) groups excluding carboxylic acids is 1. The molecule has 1 rings (SSSR count). The van der Waals surface area contributed by atoms with Crippen LogP contribution in [0.2, 0.25) is 0 Å². The predicted molar refractivity (Wildman–Crippen MR) is 54.4 cm³/mol. The Morgan fingerprint density at radius 2 is 2.36 bits per heavy atom. The van der Waals surface area contributed by atoms with E-state index < -0.39 is 0 Å². The molecule has 0 heterocycles. The normalized spacial score (nSPS) is 26.1. The third kappa shape index (κ3) is 3.39. The van der Waals surface area contributed by atoms with Crippen LogP contribution in [0.15, 0.2) is 0 Å². The molecule has 1 aliphatic rings. The Morgan fingerprint density at radius 3 is 3.00 bits per heavy atom. The summed E-state index contributed by atoms with van der Waals surface area (Å²) < 4.78 is 0. The first-order valence-electron chi connectivity index (χ1n) is 5.10. The zero-order valence-electron chi connectivity index (χ0n) is 8.55. The highest BCUT2D eigenvalue weighted by Gasteiger charge is 2.21. The summed E-state index contributed by atoms with van der Waals surface area (Å²) in [6.07, 6.45) is 4.04. The van der Waals surface area contributed by atoms with Gasteiger partial charge in [0, 0.05) is 12.6 Å². The van der Waals surface area contributed by atoms with Gasteiger partial charge in [-0.2, -0.15) is 0 Å². The molecule has 2 atom stereocenters. The van der Waals surface area contributed by atoms with Crippen molar-refractivity contribution < 1.29 is 9.90 Å². The number of aliphatic hydroxyl groups is 1. The smallest absolute Gasteiger partial charge is 0.296 e. The van der Waals surface area contributed by atoms with Crippen molar-refractivity contribution in [1.82, 2.24) is 5.32 Å². The van der Waals surface area contributed by atoms with Crippen LogP contribution < -0.4 is 5.32 Å². The van der Waals surface area contributed by atoms with Gasteiger partial charge in [0.15, 0.2) is 0 Å². The maximum atomic E-state index is 11.2. The summed E-state index contributed by atoms with van der Waals surface area (Å²) >= 11 is 0. The number of rotatable bonds is 2. The Morgan fingerprint density at radius 1 is 1.57 bits per heavy atom. The maximum Gasteiger partial charge on any atom is 0.296 e. The van der Waals surface area contributed by atoms with Crippen molar-refractivity contribution in [3.05, 3.63) is 0 Å². The van der Waals surface area contributed by atoms with Crippen LogP contribution in [0.1, 0.15) is 32.6 Å². The van der Waals surface area contributed by atoms with Crippen LogP contribution in [-0.4, -0.2) is 23.7 Å². The maximum absolute atomic E-state index is 11.2. The van der Waals surface area contributed by atoms with Gasteiger partial charge in [0.25, 0.3) is 5.91 Å². The topological polar surface area (TPSA) is 49.3 Å². The molecule has 0 aromatic heterocycles. The van der Waals surface area contributed by atoms with Crippen LogP contribution in [0.25, 0.3) is 0 Å². The summed E-state index contributed by atoms with van der Waals surface area (Å²) in [5.41, 5.74) is 0. The van der Waals surface area contributed by atoms with E-state index in [0.29, 0.717) is 5.92 Å². The Kier molecular flexibility index (Phi) is 4.48. The Balaban J connectivity index is 2.36. The molecular formula is C11H17NO2. The molecule has 0 radical (unpaired) electrons. The molecule has 1 saturated carbocycles. The monoisotopic (exact) mass is 195 g/mol. The minimum absolute atomic E-state index is 0.198. The first kappa shape index (κ1) is 11.1. The van der Waals surface area contributed by atoms with E-state index in [1.165, 1.54) is 0 Å². The minimum Gasteiger partial charge on any atom is -0.396 e. The molecule has 0 saturated heterocycles. The highest BCUT2D eigenvalue weighted by Crippen LogP contribution is 2.23. The molecule has 0 bridgehead atoms. The van der Waals surface area contributed by atoms with Crippen molar-refractivity contribution in [3.8, 4) is 11.8 Å². The first-order chi connectivity index (χ1) is 6.76. The fourth-order valence-corrected chi connectivity index (χ4v) is 1.92. The number of nitrogens with one attached hydrogen (secondary N) is 1. The van der Waals surface area contributed by atoms with Crippen molar-refractivity contribution in [3.63, 3.8) is 0 Å². The average molecular weight is 195 g/mol. The lowest BCUT2D eigenvalue weighted by atomic mass is 9.86. The molecule has 1 amide bonds. The Labute approximate surface area is 84.9 Å². The average Bonchev–Trinajstić information content (AvgIpc) is 2.18. The summed E-state index contributed by atoms with van der Waals surface area (Å²) in [6, 6.07) is 0.203. The van der Waals surface area contributed by atoms with Crippen molar-refractivity contribution >= 4 is 5.91 Å². The second-order valence-corrected chi connectivity index (χ2v) is 3.76. The van der Waals surface area contributed by atoms with Gasteiger partial charge < -0.3 is 10.4 Å². The summed E-state index contributed by atoms with van der Waals surface area (Å²) in [5.74, 6) is 5.19. The number of carbonyl (C=O) groups is 1. The molecule has 0 spiro atoms. The largest absolute Gasteiger partial charge is 0.396 e. The van der Waals surface area contributed by atoms with Gasteiger partial charge in [-0.3, -0.25) is 4.79 Å². The van der Waals surface area contributed by atoms with Gasteiger partial charge in [0.2, 0.25) is 0 Å². The van der Waals surface area contributed by atoms with E-state index in [-0.39, 0.29) is 18.6 Å². The molecule has 1 aliphatic carbocycles. The molecular weight excluding hydrogens is 178 g/mol. The van der Waals surface area contributed by atoms with Crippen LogP contribution in [0, 0.1) is 17.8 Å². The third-order valence-electron chi connectivity index (χ3n) is 2.61. The molecule has 78 valence electrons. The highest BCUT2D eigenvalue weighted by molar-refractivity contribution is 5.93. The SMILES string of the molecule is CC#CC(=O)NC1CCCC(CO)C1. The van der Waals surface area contributed by atoms with Crippen LogP contribution in [0.3, 0.4) is 0 Å². The van der Waals surface area contributed by atoms with Crippen LogP contribution in [-0.2, 0) is 4.79 Å². The summed E-state index contributed by atoms with van der Waals surface area (Å²) in [6.45, 7) is 1.88. The number of hydrogen-bond donors (Lipinski definition) is 2. The van der Waals surface area contributed by atoms with Gasteiger partial charge in [0.05, 0.1) is 0 Å². The Bertz CT molecular complexity index is 252. The summed E-state index contributed by atoms with van der Waals surface area (Å²) in [4.78, 5) is 11.2. The van der Waals surface area contributed by atoms with Gasteiger partial charge in [0.1, 0.15) is 0 Å². The van der Waals surface area contributed by atoms with Crippen molar-refractivity contribution in [2.45, 2.75) is 38.6 Å². The van der Waals surface area contributed by atoms with E-state index in [1.807, 2.05) is 0 Å². The predicted octanol–water partition coefficient (Wildman–Crippen LogP) is 0.677. The molecule has 14 heavy (non-hydrogen) atoms. The first-order valence-corrected chi connectivity index (χ1v) is 5.10. The van der Waals surface area contributed by atoms with Crippen molar-refractivity contribution in [2.75, 3.05) is 6.61 Å². The molecule has 3 heteroatoms. The zero-order chi connectivity index (χ0) is 10.4. The van der Waals surface area contributed by atoms with E-state index in [2.05, 4.69) is 17.2 Å². The van der Waals surface area contributed by atoms with Crippen LogP contribution in [0.4, 0.5) is 0 Å². The van der Waals surface area contributed by atoms with Crippen LogP contribution in [0.5, 0.6) is 0 Å². The molecule has 0 aliphatic heterocycles. The molecule has 3 nitrogen and oxygen atoms in total. The van der Waals surface area contributed by atoms with Crippen molar-refractivity contribution in [1.29, 1.82) is 0 Å². The summed E-state index contributed by atoms with van der Waals surface area (Å²) in [5, 5.41) is 11.9.